The lowest BCUT2D eigenvalue weighted by atomic mass is 10.2. The van der Waals surface area contributed by atoms with Gasteiger partial charge < -0.3 is 5.32 Å². The Morgan fingerprint density at radius 3 is 1.93 bits per heavy atom. The molecule has 7 heteroatoms. The molecule has 0 spiro atoms. The molecule has 0 aromatic heterocycles. The van der Waals surface area contributed by atoms with Crippen molar-refractivity contribution in [1.29, 1.82) is 0 Å². The number of anilines is 2. The number of rotatable bonds is 5. The number of carbonyl (C=O) groups excluding carboxylic acids is 1. The smallest absolute Gasteiger partial charge is 0.264 e. The van der Waals surface area contributed by atoms with Gasteiger partial charge in [0.2, 0.25) is 0 Å². The van der Waals surface area contributed by atoms with Crippen LogP contribution < -0.4 is 10.0 Å². The van der Waals surface area contributed by atoms with E-state index in [4.69, 9.17) is 0 Å². The average molecular weight is 398 g/mol. The lowest BCUT2D eigenvalue weighted by Crippen LogP contribution is -2.17. The van der Waals surface area contributed by atoms with Crippen LogP contribution in [-0.2, 0) is 10.0 Å². The topological polar surface area (TPSA) is 75.3 Å². The van der Waals surface area contributed by atoms with Crippen molar-refractivity contribution in [1.82, 2.24) is 0 Å². The van der Waals surface area contributed by atoms with Crippen LogP contribution in [0.3, 0.4) is 0 Å². The fraction of sp³-hybridized carbons (Fsp3) is 0.0952. The lowest BCUT2D eigenvalue weighted by molar-refractivity contribution is 0.102. The van der Waals surface area contributed by atoms with Gasteiger partial charge in [-0.2, -0.15) is 0 Å². The molecule has 0 heterocycles. The Morgan fingerprint density at radius 2 is 1.36 bits per heavy atom. The highest BCUT2D eigenvalue weighted by atomic mass is 32.2. The summed E-state index contributed by atoms with van der Waals surface area (Å²) in [4.78, 5) is 11.8. The van der Waals surface area contributed by atoms with E-state index in [1.807, 2.05) is 26.0 Å². The minimum Gasteiger partial charge on any atom is -0.322 e. The van der Waals surface area contributed by atoms with Gasteiger partial charge in [0.15, 0.2) is 0 Å². The first kappa shape index (κ1) is 19.6. The number of halogens is 1. The molecule has 1 amide bonds. The summed E-state index contributed by atoms with van der Waals surface area (Å²) in [5.41, 5.74) is 2.90. The number of aryl methyl sites for hydroxylation is 2. The summed E-state index contributed by atoms with van der Waals surface area (Å²) in [5.74, 6) is -1.47. The zero-order valence-corrected chi connectivity index (χ0v) is 16.2. The maximum atomic E-state index is 14.2. The molecule has 3 aromatic rings. The fourth-order valence-electron chi connectivity index (χ4n) is 2.52. The normalized spacial score (nSPS) is 11.1. The Bertz CT molecular complexity index is 1110. The Kier molecular flexibility index (Phi) is 5.46. The van der Waals surface area contributed by atoms with Crippen LogP contribution in [0.4, 0.5) is 15.8 Å². The largest absolute Gasteiger partial charge is 0.322 e. The number of amides is 1. The molecule has 0 atom stereocenters. The highest BCUT2D eigenvalue weighted by molar-refractivity contribution is 7.92. The van der Waals surface area contributed by atoms with Crippen LogP contribution in [0.2, 0.25) is 0 Å². The minimum absolute atomic E-state index is 0.0336. The van der Waals surface area contributed by atoms with Gasteiger partial charge in [-0.15, -0.1) is 0 Å². The highest BCUT2D eigenvalue weighted by Gasteiger charge is 2.21. The minimum atomic E-state index is -4.20. The van der Waals surface area contributed by atoms with Gasteiger partial charge in [0, 0.05) is 16.9 Å². The Morgan fingerprint density at radius 1 is 0.821 bits per heavy atom. The number of nitrogens with one attached hydrogen (secondary N) is 2. The first-order valence-corrected chi connectivity index (χ1v) is 10.00. The molecular formula is C21H19FN2O3S. The van der Waals surface area contributed by atoms with Crippen LogP contribution in [0.1, 0.15) is 21.5 Å². The Labute approximate surface area is 163 Å². The molecule has 0 fully saturated rings. The first-order valence-electron chi connectivity index (χ1n) is 8.52. The fourth-order valence-corrected chi connectivity index (χ4v) is 3.69. The summed E-state index contributed by atoms with van der Waals surface area (Å²) in [6.45, 7) is 3.79. The molecular weight excluding hydrogens is 379 g/mol. The zero-order valence-electron chi connectivity index (χ0n) is 15.4. The third kappa shape index (κ3) is 4.55. The van der Waals surface area contributed by atoms with Crippen LogP contribution in [0.15, 0.2) is 71.6 Å². The van der Waals surface area contributed by atoms with E-state index in [1.165, 1.54) is 6.07 Å². The molecule has 0 unspecified atom stereocenters. The number of hydrogen-bond donors (Lipinski definition) is 2. The van der Waals surface area contributed by atoms with Crippen molar-refractivity contribution < 1.29 is 17.6 Å². The first-order chi connectivity index (χ1) is 13.2. The monoisotopic (exact) mass is 398 g/mol. The quantitative estimate of drug-likeness (QED) is 0.665. The van der Waals surface area contributed by atoms with Crippen molar-refractivity contribution in [3.05, 3.63) is 89.2 Å². The van der Waals surface area contributed by atoms with E-state index >= 15 is 0 Å². The summed E-state index contributed by atoms with van der Waals surface area (Å²) in [7, 11) is -4.20. The molecule has 3 rings (SSSR count). The van der Waals surface area contributed by atoms with Crippen LogP contribution in [0.5, 0.6) is 0 Å². The van der Waals surface area contributed by atoms with Gasteiger partial charge in [-0.05, 0) is 56.3 Å². The standard InChI is InChI=1S/C21H19FN2O3S/c1-14-3-8-17(9-4-14)23-21(25)16-7-12-19(22)20(13-16)28(26,27)24-18-10-5-15(2)6-11-18/h3-13,24H,1-2H3,(H,23,25). The average Bonchev–Trinajstić information content (AvgIpc) is 2.65. The number of carbonyl (C=O) groups is 1. The molecule has 0 radical (unpaired) electrons. The maximum absolute atomic E-state index is 14.2. The molecule has 28 heavy (non-hydrogen) atoms. The SMILES string of the molecule is Cc1ccc(NC(=O)c2ccc(F)c(S(=O)(=O)Nc3ccc(C)cc3)c2)cc1. The van der Waals surface area contributed by atoms with E-state index in [1.54, 1.807) is 36.4 Å². The highest BCUT2D eigenvalue weighted by Crippen LogP contribution is 2.21. The van der Waals surface area contributed by atoms with Crippen molar-refractivity contribution >= 4 is 27.3 Å². The van der Waals surface area contributed by atoms with Gasteiger partial charge in [-0.3, -0.25) is 9.52 Å². The van der Waals surface area contributed by atoms with Crippen molar-refractivity contribution in [2.45, 2.75) is 18.7 Å². The second-order valence-corrected chi connectivity index (χ2v) is 8.09. The Balaban J connectivity index is 1.86. The van der Waals surface area contributed by atoms with Crippen LogP contribution in [0, 0.1) is 19.7 Å². The predicted molar refractivity (Wildman–Crippen MR) is 108 cm³/mol. The van der Waals surface area contributed by atoms with Gasteiger partial charge >= 0.3 is 0 Å². The van der Waals surface area contributed by atoms with Crippen LogP contribution in [-0.4, -0.2) is 14.3 Å². The molecule has 0 saturated carbocycles. The van der Waals surface area contributed by atoms with Gasteiger partial charge in [0.25, 0.3) is 15.9 Å². The maximum Gasteiger partial charge on any atom is 0.264 e. The van der Waals surface area contributed by atoms with E-state index in [2.05, 4.69) is 10.0 Å². The lowest BCUT2D eigenvalue weighted by Gasteiger charge is -2.11. The Hall–Kier alpha value is -3.19. The van der Waals surface area contributed by atoms with Gasteiger partial charge in [-0.25, -0.2) is 12.8 Å². The van der Waals surface area contributed by atoms with E-state index in [0.29, 0.717) is 11.4 Å². The summed E-state index contributed by atoms with van der Waals surface area (Å²) in [5, 5.41) is 2.66. The van der Waals surface area contributed by atoms with Crippen LogP contribution in [0.25, 0.3) is 0 Å². The summed E-state index contributed by atoms with van der Waals surface area (Å²) >= 11 is 0. The molecule has 0 saturated heterocycles. The summed E-state index contributed by atoms with van der Waals surface area (Å²) in [6.07, 6.45) is 0. The van der Waals surface area contributed by atoms with Gasteiger partial charge in [0.1, 0.15) is 10.7 Å². The second-order valence-electron chi connectivity index (χ2n) is 6.44. The van der Waals surface area contributed by atoms with E-state index < -0.39 is 26.6 Å². The third-order valence-electron chi connectivity index (χ3n) is 4.10. The number of benzene rings is 3. The summed E-state index contributed by atoms with van der Waals surface area (Å²) < 4.78 is 41.7. The zero-order chi connectivity index (χ0) is 20.3. The van der Waals surface area contributed by atoms with Gasteiger partial charge in [0.05, 0.1) is 0 Å². The molecule has 0 bridgehead atoms. The number of sulfonamides is 1. The number of hydrogen-bond acceptors (Lipinski definition) is 3. The van der Waals surface area contributed by atoms with Crippen molar-refractivity contribution in [3.8, 4) is 0 Å². The van der Waals surface area contributed by atoms with Gasteiger partial charge in [-0.1, -0.05) is 35.4 Å². The molecule has 3 aromatic carbocycles. The molecule has 0 aliphatic heterocycles. The van der Waals surface area contributed by atoms with Crippen molar-refractivity contribution in [2.24, 2.45) is 0 Å². The van der Waals surface area contributed by atoms with E-state index in [0.717, 1.165) is 23.3 Å². The molecule has 5 nitrogen and oxygen atoms in total. The molecule has 144 valence electrons. The molecule has 2 N–H and O–H groups in total. The van der Waals surface area contributed by atoms with Crippen molar-refractivity contribution in [2.75, 3.05) is 10.0 Å². The molecule has 0 aliphatic carbocycles. The van der Waals surface area contributed by atoms with Crippen LogP contribution >= 0.6 is 0 Å². The third-order valence-corrected chi connectivity index (χ3v) is 5.49. The predicted octanol–water partition coefficient (Wildman–Crippen LogP) is 4.50. The van der Waals surface area contributed by atoms with Crippen molar-refractivity contribution in [3.63, 3.8) is 0 Å². The second kappa shape index (κ2) is 7.82. The van der Waals surface area contributed by atoms with E-state index in [9.17, 15) is 17.6 Å². The summed E-state index contributed by atoms with van der Waals surface area (Å²) in [6, 6.07) is 17.0. The molecule has 0 aliphatic rings. The van der Waals surface area contributed by atoms with E-state index in [-0.39, 0.29) is 5.56 Å².